The van der Waals surface area contributed by atoms with Crippen molar-refractivity contribution in [2.45, 2.75) is 6.10 Å². The zero-order valence-electron chi connectivity index (χ0n) is 16.8. The van der Waals surface area contributed by atoms with E-state index in [1.165, 1.54) is 22.0 Å². The fourth-order valence-corrected chi connectivity index (χ4v) is 3.34. The van der Waals surface area contributed by atoms with Crippen LogP contribution >= 0.6 is 0 Å². The molecule has 1 aromatic carbocycles. The van der Waals surface area contributed by atoms with Crippen molar-refractivity contribution in [2.75, 3.05) is 23.3 Å². The molecule has 1 aliphatic heterocycles. The average molecular weight is 436 g/mol. The third-order valence-corrected chi connectivity index (χ3v) is 4.90. The molecule has 0 bridgehead atoms. The van der Waals surface area contributed by atoms with E-state index in [1.54, 1.807) is 43.6 Å². The van der Waals surface area contributed by atoms with Crippen molar-refractivity contribution >= 4 is 17.6 Å². The largest absolute Gasteiger partial charge is 0.442 e. The van der Waals surface area contributed by atoms with Gasteiger partial charge in [0.25, 0.3) is 0 Å². The van der Waals surface area contributed by atoms with Gasteiger partial charge in [0, 0.05) is 23.4 Å². The summed E-state index contributed by atoms with van der Waals surface area (Å²) in [5, 5.41) is 18.5. The number of hydrogen-bond acceptors (Lipinski definition) is 9. The Hall–Kier alpha value is -4.35. The smallest absolute Gasteiger partial charge is 0.414 e. The number of carbonyl (C=O) groups is 1. The molecule has 0 radical (unpaired) electrons. The molecule has 3 aromatic heterocycles. The van der Waals surface area contributed by atoms with Gasteiger partial charge in [0.15, 0.2) is 5.82 Å². The Kier molecular flexibility index (Phi) is 4.94. The number of nitrogens with one attached hydrogen (secondary N) is 1. The fraction of sp³-hybridized carbons (Fsp3) is 0.200. The van der Waals surface area contributed by atoms with Crippen LogP contribution in [0.25, 0.3) is 22.6 Å². The van der Waals surface area contributed by atoms with Crippen LogP contribution in [0.4, 0.5) is 20.7 Å². The van der Waals surface area contributed by atoms with Crippen molar-refractivity contribution in [3.63, 3.8) is 0 Å². The van der Waals surface area contributed by atoms with E-state index in [0.29, 0.717) is 40.7 Å². The molecule has 5 rings (SSSR count). The van der Waals surface area contributed by atoms with E-state index in [0.717, 1.165) is 0 Å². The van der Waals surface area contributed by atoms with Gasteiger partial charge in [-0.1, -0.05) is 11.2 Å². The normalized spacial score (nSPS) is 15.8. The van der Waals surface area contributed by atoms with Gasteiger partial charge >= 0.3 is 6.09 Å². The van der Waals surface area contributed by atoms with Crippen molar-refractivity contribution in [1.82, 2.24) is 30.3 Å². The molecule has 1 amide bonds. The maximum atomic E-state index is 14.9. The molecule has 1 saturated heterocycles. The monoisotopic (exact) mass is 436 g/mol. The maximum Gasteiger partial charge on any atom is 0.414 e. The van der Waals surface area contributed by atoms with Crippen LogP contribution in [-0.4, -0.2) is 55.6 Å². The first-order chi connectivity index (χ1) is 15.6. The summed E-state index contributed by atoms with van der Waals surface area (Å²) in [6, 6.07) is 9.67. The van der Waals surface area contributed by atoms with Crippen LogP contribution in [-0.2, 0) is 11.8 Å². The Labute approximate surface area is 180 Å². The van der Waals surface area contributed by atoms with Gasteiger partial charge in [-0.3, -0.25) is 9.88 Å². The molecule has 11 nitrogen and oxygen atoms in total. The van der Waals surface area contributed by atoms with Crippen molar-refractivity contribution < 1.29 is 18.4 Å². The van der Waals surface area contributed by atoms with Gasteiger partial charge in [0.05, 0.1) is 25.8 Å². The molecule has 1 aliphatic rings. The Balaban J connectivity index is 1.29. The third kappa shape index (κ3) is 3.85. The molecule has 32 heavy (non-hydrogen) atoms. The molecule has 0 spiro atoms. The molecule has 1 atom stereocenters. The first-order valence-electron chi connectivity index (χ1n) is 9.69. The SMILES string of the molecule is Cn1nnc(-c2ccc(-c3ccc(N4C[C@H](CNc5ccon5)OC4=O)cc3F)cn2)n1. The molecule has 0 unspecified atom stereocenters. The zero-order chi connectivity index (χ0) is 22.1. The van der Waals surface area contributed by atoms with Gasteiger partial charge in [-0.15, -0.1) is 10.2 Å². The summed E-state index contributed by atoms with van der Waals surface area (Å²) in [4.78, 5) is 19.3. The van der Waals surface area contributed by atoms with Crippen molar-refractivity contribution in [3.8, 4) is 22.6 Å². The number of benzene rings is 1. The number of nitrogens with zero attached hydrogens (tertiary/aromatic N) is 7. The number of aryl methyl sites for hydroxylation is 1. The highest BCUT2D eigenvalue weighted by Gasteiger charge is 2.32. The van der Waals surface area contributed by atoms with E-state index < -0.39 is 18.0 Å². The average Bonchev–Trinajstić information content (AvgIpc) is 3.54. The number of amides is 1. The quantitative estimate of drug-likeness (QED) is 0.485. The van der Waals surface area contributed by atoms with Crippen molar-refractivity contribution in [1.29, 1.82) is 0 Å². The number of carbonyl (C=O) groups excluding carboxylic acids is 1. The highest BCUT2D eigenvalue weighted by atomic mass is 19.1. The van der Waals surface area contributed by atoms with Crippen LogP contribution in [0, 0.1) is 5.82 Å². The van der Waals surface area contributed by atoms with E-state index in [4.69, 9.17) is 9.26 Å². The minimum atomic E-state index is -0.536. The number of tetrazole rings is 1. The molecule has 12 heteroatoms. The molecule has 4 heterocycles. The molecule has 162 valence electrons. The van der Waals surface area contributed by atoms with Gasteiger partial charge in [0.2, 0.25) is 5.82 Å². The van der Waals surface area contributed by atoms with Crippen LogP contribution in [0.15, 0.2) is 53.4 Å². The van der Waals surface area contributed by atoms with Crippen LogP contribution in [0.3, 0.4) is 0 Å². The molecule has 1 fully saturated rings. The number of ether oxygens (including phenoxy) is 1. The van der Waals surface area contributed by atoms with Gasteiger partial charge in [-0.25, -0.2) is 9.18 Å². The lowest BCUT2D eigenvalue weighted by Crippen LogP contribution is -2.27. The van der Waals surface area contributed by atoms with E-state index in [-0.39, 0.29) is 6.54 Å². The number of anilines is 2. The topological polar surface area (TPSA) is 124 Å². The van der Waals surface area contributed by atoms with E-state index >= 15 is 0 Å². The van der Waals surface area contributed by atoms with Crippen LogP contribution < -0.4 is 10.2 Å². The minimum Gasteiger partial charge on any atom is -0.442 e. The number of aromatic nitrogens is 6. The second-order valence-electron chi connectivity index (χ2n) is 7.08. The summed E-state index contributed by atoms with van der Waals surface area (Å²) in [6.45, 7) is 0.637. The second kappa shape index (κ2) is 8.06. The van der Waals surface area contributed by atoms with Gasteiger partial charge in [-0.05, 0) is 29.5 Å². The fourth-order valence-electron chi connectivity index (χ4n) is 3.34. The predicted molar refractivity (Wildman–Crippen MR) is 110 cm³/mol. The van der Waals surface area contributed by atoms with Crippen molar-refractivity contribution in [2.24, 2.45) is 7.05 Å². The Morgan fingerprint density at radius 1 is 1.25 bits per heavy atom. The molecular weight excluding hydrogens is 419 g/mol. The number of rotatable bonds is 6. The second-order valence-corrected chi connectivity index (χ2v) is 7.08. The Morgan fingerprint density at radius 3 is 2.84 bits per heavy atom. The third-order valence-electron chi connectivity index (χ3n) is 4.90. The standard InChI is InChI=1S/C20H17FN8O3/c1-28-25-19(24-27-28)17-5-2-12(9-22-17)15-4-3-13(8-16(15)21)29-11-14(32-20(29)30)10-23-18-6-7-31-26-18/h2-9,14H,10-11H2,1H3,(H,23,26)/t14-/m0/s1. The Morgan fingerprint density at radius 2 is 2.16 bits per heavy atom. The lowest BCUT2D eigenvalue weighted by atomic mass is 10.1. The van der Waals surface area contributed by atoms with Gasteiger partial charge in [0.1, 0.15) is 23.9 Å². The first kappa shape index (κ1) is 19.6. The molecule has 0 aliphatic carbocycles. The zero-order valence-corrected chi connectivity index (χ0v) is 16.8. The summed E-state index contributed by atoms with van der Waals surface area (Å²) in [6.07, 6.45) is 2.04. The lowest BCUT2D eigenvalue weighted by Gasteiger charge is -2.14. The number of hydrogen-bond donors (Lipinski definition) is 1. The van der Waals surface area contributed by atoms with E-state index in [1.807, 2.05) is 0 Å². The highest BCUT2D eigenvalue weighted by Crippen LogP contribution is 2.29. The van der Waals surface area contributed by atoms with E-state index in [2.05, 4.69) is 30.9 Å². The van der Waals surface area contributed by atoms with Crippen LogP contribution in [0.2, 0.25) is 0 Å². The number of halogens is 1. The summed E-state index contributed by atoms with van der Waals surface area (Å²) in [7, 11) is 1.66. The van der Waals surface area contributed by atoms with Crippen LogP contribution in [0.5, 0.6) is 0 Å². The molecular formula is C20H17FN8O3. The highest BCUT2D eigenvalue weighted by molar-refractivity contribution is 5.90. The molecule has 4 aromatic rings. The minimum absolute atomic E-state index is 0.282. The van der Waals surface area contributed by atoms with Gasteiger partial charge in [-0.2, -0.15) is 4.80 Å². The predicted octanol–water partition coefficient (Wildman–Crippen LogP) is 2.50. The summed E-state index contributed by atoms with van der Waals surface area (Å²) < 4.78 is 25.0. The number of cyclic esters (lactones) is 1. The van der Waals surface area contributed by atoms with E-state index in [9.17, 15) is 9.18 Å². The molecule has 0 saturated carbocycles. The molecule has 1 N–H and O–H groups in total. The number of pyridine rings is 1. The lowest BCUT2D eigenvalue weighted by molar-refractivity contribution is 0.147. The summed E-state index contributed by atoms with van der Waals surface area (Å²) in [5.74, 6) is 0.450. The summed E-state index contributed by atoms with van der Waals surface area (Å²) >= 11 is 0. The van der Waals surface area contributed by atoms with Crippen LogP contribution in [0.1, 0.15) is 0 Å². The van der Waals surface area contributed by atoms with Gasteiger partial charge < -0.3 is 14.6 Å². The summed E-state index contributed by atoms with van der Waals surface area (Å²) in [5.41, 5.74) is 1.88. The Bertz CT molecular complexity index is 1240. The van der Waals surface area contributed by atoms with Crippen molar-refractivity contribution in [3.05, 3.63) is 54.7 Å². The first-order valence-corrected chi connectivity index (χ1v) is 9.69. The maximum absolute atomic E-state index is 14.9.